The summed E-state index contributed by atoms with van der Waals surface area (Å²) in [7, 11) is 3.57. The van der Waals surface area contributed by atoms with E-state index in [0.29, 0.717) is 34.7 Å². The second kappa shape index (κ2) is 7.34. The number of nitrogens with zero attached hydrogens (tertiary/aromatic N) is 6. The van der Waals surface area contributed by atoms with E-state index in [1.165, 1.54) is 0 Å². The smallest absolute Gasteiger partial charge is 0.247 e. The molecule has 0 saturated heterocycles. The summed E-state index contributed by atoms with van der Waals surface area (Å²) < 4.78 is 12.6. The van der Waals surface area contributed by atoms with Gasteiger partial charge in [0.1, 0.15) is 18.1 Å². The maximum absolute atomic E-state index is 6.20. The molecule has 0 amide bonds. The molecular weight excluding hydrogens is 406 g/mol. The van der Waals surface area contributed by atoms with E-state index >= 15 is 0 Å². The molecule has 0 radical (unpaired) electrons. The number of nitrogens with one attached hydrogen (secondary N) is 1. The van der Waals surface area contributed by atoms with Crippen LogP contribution in [0, 0.1) is 0 Å². The molecule has 1 aliphatic rings. The van der Waals surface area contributed by atoms with Crippen molar-refractivity contribution in [2.45, 2.75) is 0 Å². The number of anilines is 3. The zero-order valence-corrected chi connectivity index (χ0v) is 17.1. The SMILES string of the molecule is COc1ccc(Nc2nc3c(-c4cnc5c(c4)OCCN5C)nccn3n2)cc1Cl. The van der Waals surface area contributed by atoms with Gasteiger partial charge in [-0.2, -0.15) is 4.98 Å². The quantitative estimate of drug-likeness (QED) is 0.534. The molecule has 5 rings (SSSR count). The number of hydrogen-bond donors (Lipinski definition) is 1. The predicted octanol–water partition coefficient (Wildman–Crippen LogP) is 3.42. The zero-order valence-electron chi connectivity index (χ0n) is 16.3. The van der Waals surface area contributed by atoms with E-state index in [1.807, 2.05) is 19.2 Å². The van der Waals surface area contributed by atoms with Crippen LogP contribution in [0.3, 0.4) is 0 Å². The number of aromatic nitrogens is 5. The number of pyridine rings is 1. The average Bonchev–Trinajstić information content (AvgIpc) is 3.16. The highest BCUT2D eigenvalue weighted by Gasteiger charge is 2.19. The van der Waals surface area contributed by atoms with Gasteiger partial charge in [0, 0.05) is 36.9 Å². The van der Waals surface area contributed by atoms with Gasteiger partial charge in [-0.05, 0) is 24.3 Å². The van der Waals surface area contributed by atoms with Crippen molar-refractivity contribution in [1.82, 2.24) is 24.6 Å². The molecule has 0 spiro atoms. The second-order valence-corrected chi connectivity index (χ2v) is 7.18. The van der Waals surface area contributed by atoms with E-state index in [0.717, 1.165) is 29.4 Å². The van der Waals surface area contributed by atoms with Crippen molar-refractivity contribution in [1.29, 1.82) is 0 Å². The van der Waals surface area contributed by atoms with Gasteiger partial charge in [0.05, 0.1) is 18.7 Å². The standard InChI is InChI=1S/C20H18ClN7O2/c1-27-7-8-30-16-9-12(11-23-18(16)27)17-19-25-20(26-28(19)6-5-22-17)24-13-3-4-15(29-2)14(21)10-13/h3-6,9-11H,7-8H2,1-2H3,(H,24,26). The van der Waals surface area contributed by atoms with Gasteiger partial charge in [0.25, 0.3) is 0 Å². The Labute approximate surface area is 177 Å². The van der Waals surface area contributed by atoms with Crippen molar-refractivity contribution in [2.24, 2.45) is 0 Å². The predicted molar refractivity (Wildman–Crippen MR) is 114 cm³/mol. The number of rotatable bonds is 4. The Morgan fingerprint density at radius 1 is 1.23 bits per heavy atom. The van der Waals surface area contributed by atoms with Gasteiger partial charge in [0.2, 0.25) is 5.95 Å². The van der Waals surface area contributed by atoms with Gasteiger partial charge in [0.15, 0.2) is 17.2 Å². The molecule has 0 aliphatic carbocycles. The summed E-state index contributed by atoms with van der Waals surface area (Å²) in [6.07, 6.45) is 5.20. The minimum Gasteiger partial charge on any atom is -0.495 e. The highest BCUT2D eigenvalue weighted by atomic mass is 35.5. The third-order valence-electron chi connectivity index (χ3n) is 4.81. The Hall–Kier alpha value is -3.59. The first-order valence-electron chi connectivity index (χ1n) is 9.28. The van der Waals surface area contributed by atoms with Crippen LogP contribution in [-0.4, -0.2) is 51.9 Å². The normalized spacial score (nSPS) is 13.1. The van der Waals surface area contributed by atoms with Crippen molar-refractivity contribution in [3.05, 3.63) is 47.9 Å². The van der Waals surface area contributed by atoms with Crippen molar-refractivity contribution in [3.63, 3.8) is 0 Å². The van der Waals surface area contributed by atoms with Gasteiger partial charge in [-0.15, -0.1) is 5.10 Å². The molecule has 0 bridgehead atoms. The van der Waals surface area contributed by atoms with Gasteiger partial charge < -0.3 is 19.7 Å². The van der Waals surface area contributed by atoms with Crippen LogP contribution in [0.5, 0.6) is 11.5 Å². The summed E-state index contributed by atoms with van der Waals surface area (Å²) in [4.78, 5) is 15.7. The summed E-state index contributed by atoms with van der Waals surface area (Å²) in [5.41, 5.74) is 2.82. The Morgan fingerprint density at radius 2 is 2.13 bits per heavy atom. The first-order chi connectivity index (χ1) is 14.6. The molecule has 0 unspecified atom stereocenters. The average molecular weight is 424 g/mol. The summed E-state index contributed by atoms with van der Waals surface area (Å²) in [6, 6.07) is 7.32. The van der Waals surface area contributed by atoms with Gasteiger partial charge in [-0.3, -0.25) is 4.98 Å². The van der Waals surface area contributed by atoms with E-state index < -0.39 is 0 Å². The molecule has 9 nitrogen and oxygen atoms in total. The lowest BCUT2D eigenvalue weighted by Gasteiger charge is -2.26. The fourth-order valence-electron chi connectivity index (χ4n) is 3.31. The fourth-order valence-corrected chi connectivity index (χ4v) is 3.56. The number of ether oxygens (including phenoxy) is 2. The summed E-state index contributed by atoms with van der Waals surface area (Å²) in [6.45, 7) is 1.43. The van der Waals surface area contributed by atoms with E-state index in [-0.39, 0.29) is 0 Å². The van der Waals surface area contributed by atoms with Crippen LogP contribution < -0.4 is 19.7 Å². The van der Waals surface area contributed by atoms with Crippen LogP contribution >= 0.6 is 11.6 Å². The monoisotopic (exact) mass is 423 g/mol. The Kier molecular flexibility index (Phi) is 4.51. The molecule has 30 heavy (non-hydrogen) atoms. The Morgan fingerprint density at radius 3 is 2.97 bits per heavy atom. The molecule has 0 fully saturated rings. The van der Waals surface area contributed by atoms with Gasteiger partial charge in [-0.25, -0.2) is 9.50 Å². The minimum atomic E-state index is 0.424. The zero-order chi connectivity index (χ0) is 20.7. The Bertz CT molecular complexity index is 1240. The van der Waals surface area contributed by atoms with E-state index in [4.69, 9.17) is 21.1 Å². The molecule has 3 aromatic heterocycles. The molecule has 4 aromatic rings. The van der Waals surface area contributed by atoms with E-state index in [1.54, 1.807) is 42.3 Å². The van der Waals surface area contributed by atoms with E-state index in [9.17, 15) is 0 Å². The second-order valence-electron chi connectivity index (χ2n) is 6.77. The first-order valence-corrected chi connectivity index (χ1v) is 9.66. The van der Waals surface area contributed by atoms with Crippen LogP contribution in [0.25, 0.3) is 16.9 Å². The van der Waals surface area contributed by atoms with Crippen molar-refractivity contribution >= 4 is 34.7 Å². The van der Waals surface area contributed by atoms with Gasteiger partial charge in [-0.1, -0.05) is 11.6 Å². The lowest BCUT2D eigenvalue weighted by atomic mass is 10.2. The maximum atomic E-state index is 6.20. The lowest BCUT2D eigenvalue weighted by molar-refractivity contribution is 0.309. The van der Waals surface area contributed by atoms with Crippen LogP contribution in [-0.2, 0) is 0 Å². The number of hydrogen-bond acceptors (Lipinski definition) is 8. The fraction of sp³-hybridized carbons (Fsp3) is 0.200. The summed E-state index contributed by atoms with van der Waals surface area (Å²) in [5, 5.41) is 8.15. The van der Waals surface area contributed by atoms with Crippen molar-refractivity contribution in [2.75, 3.05) is 37.5 Å². The molecule has 1 aromatic carbocycles. The molecule has 10 heteroatoms. The number of likely N-dealkylation sites (N-methyl/N-ethyl adjacent to an activating group) is 1. The van der Waals surface area contributed by atoms with Crippen LogP contribution in [0.15, 0.2) is 42.9 Å². The molecule has 1 N–H and O–H groups in total. The lowest BCUT2D eigenvalue weighted by Crippen LogP contribution is -2.29. The highest BCUT2D eigenvalue weighted by Crippen LogP contribution is 2.33. The molecule has 152 valence electrons. The minimum absolute atomic E-state index is 0.424. The molecule has 1 aliphatic heterocycles. The Balaban J connectivity index is 1.51. The third kappa shape index (κ3) is 3.22. The molecular formula is C20H18ClN7O2. The first kappa shape index (κ1) is 18.4. The van der Waals surface area contributed by atoms with Crippen LogP contribution in [0.2, 0.25) is 5.02 Å². The number of benzene rings is 1. The molecule has 0 atom stereocenters. The highest BCUT2D eigenvalue weighted by molar-refractivity contribution is 6.32. The maximum Gasteiger partial charge on any atom is 0.247 e. The van der Waals surface area contributed by atoms with E-state index in [2.05, 4.69) is 30.3 Å². The summed E-state index contributed by atoms with van der Waals surface area (Å²) in [5.74, 6) is 2.57. The third-order valence-corrected chi connectivity index (χ3v) is 5.11. The summed E-state index contributed by atoms with van der Waals surface area (Å²) >= 11 is 6.20. The molecule has 4 heterocycles. The topological polar surface area (TPSA) is 89.7 Å². The van der Waals surface area contributed by atoms with Crippen LogP contribution in [0.1, 0.15) is 0 Å². The number of halogens is 1. The largest absolute Gasteiger partial charge is 0.495 e. The van der Waals surface area contributed by atoms with Gasteiger partial charge >= 0.3 is 0 Å². The molecule has 0 saturated carbocycles. The number of fused-ring (bicyclic) bond motifs is 2. The van der Waals surface area contributed by atoms with Crippen molar-refractivity contribution in [3.8, 4) is 22.8 Å². The number of methoxy groups -OCH3 is 1. The van der Waals surface area contributed by atoms with Crippen molar-refractivity contribution < 1.29 is 9.47 Å². The van der Waals surface area contributed by atoms with Crippen LogP contribution in [0.4, 0.5) is 17.5 Å².